The van der Waals surface area contributed by atoms with Crippen molar-refractivity contribution in [1.29, 1.82) is 0 Å². The summed E-state index contributed by atoms with van der Waals surface area (Å²) in [5, 5.41) is 0. The summed E-state index contributed by atoms with van der Waals surface area (Å²) in [6.07, 6.45) is 0.132. The number of hydrogen-bond acceptors (Lipinski definition) is 2. The Bertz CT molecular complexity index is 542. The summed E-state index contributed by atoms with van der Waals surface area (Å²) < 4.78 is 16.7. The van der Waals surface area contributed by atoms with Gasteiger partial charge in [-0.1, -0.05) is 0 Å². The molecule has 0 spiro atoms. The molecule has 0 aliphatic carbocycles. The van der Waals surface area contributed by atoms with E-state index >= 15 is 0 Å². The minimum absolute atomic E-state index is 0.132. The van der Waals surface area contributed by atoms with Gasteiger partial charge in [0.25, 0.3) is 0 Å². The van der Waals surface area contributed by atoms with E-state index in [0.717, 1.165) is 8.87 Å². The first kappa shape index (κ1) is 18.3. The first-order chi connectivity index (χ1) is 10.7. The van der Waals surface area contributed by atoms with E-state index in [1.807, 2.05) is 6.07 Å². The molecular weight excluding hydrogens is 486 g/mol. The Hall–Kier alpha value is -0.0426. The Kier molecular flexibility index (Phi) is 7.74. The molecule has 0 fully saturated rings. The Morgan fingerprint density at radius 1 is 0.909 bits per heavy atom. The summed E-state index contributed by atoms with van der Waals surface area (Å²) in [6.45, 7) is 6.63. The van der Waals surface area contributed by atoms with Gasteiger partial charge in [-0.15, -0.1) is 0 Å². The molecule has 1 atom stereocenters. The van der Waals surface area contributed by atoms with Crippen LogP contribution in [0.3, 0.4) is 0 Å². The first-order valence-electron chi connectivity index (χ1n) is 7.91. The van der Waals surface area contributed by atoms with E-state index in [2.05, 4.69) is 75.4 Å². The van der Waals surface area contributed by atoms with Gasteiger partial charge in [0, 0.05) is 0 Å². The summed E-state index contributed by atoms with van der Waals surface area (Å²) >= 11 is -3.93. The molecule has 0 bridgehead atoms. The van der Waals surface area contributed by atoms with Crippen LogP contribution in [0, 0.1) is 0 Å². The monoisotopic (exact) mass is 512 g/mol. The topological polar surface area (TPSA) is 18.5 Å². The Balaban J connectivity index is 2.04. The summed E-state index contributed by atoms with van der Waals surface area (Å²) in [5.41, 5.74) is 1.25. The molecule has 0 amide bonds. The molecular formula is C18H24O2Sn2. The van der Waals surface area contributed by atoms with Gasteiger partial charge in [-0.2, -0.15) is 0 Å². The van der Waals surface area contributed by atoms with Crippen molar-refractivity contribution in [1.82, 2.24) is 0 Å². The Morgan fingerprint density at radius 2 is 1.45 bits per heavy atom. The summed E-state index contributed by atoms with van der Waals surface area (Å²) in [4.78, 5) is 0. The van der Waals surface area contributed by atoms with Crippen molar-refractivity contribution in [2.24, 2.45) is 0 Å². The SMILES string of the molecule is C[CH2][Sn]([CH2]C)([O][Sn][c]1ccccc1)[O]C(C)c1ccccc1. The van der Waals surface area contributed by atoms with Crippen molar-refractivity contribution in [2.45, 2.75) is 35.7 Å². The van der Waals surface area contributed by atoms with Crippen LogP contribution in [-0.2, 0) is 4.49 Å². The third kappa shape index (κ3) is 5.25. The normalized spacial score (nSPS) is 13.0. The molecule has 116 valence electrons. The van der Waals surface area contributed by atoms with Gasteiger partial charge in [0.2, 0.25) is 0 Å². The van der Waals surface area contributed by atoms with Crippen molar-refractivity contribution in [3.63, 3.8) is 0 Å². The molecule has 0 N–H and O–H groups in total. The van der Waals surface area contributed by atoms with Gasteiger partial charge in [-0.3, -0.25) is 0 Å². The molecule has 0 saturated heterocycles. The molecule has 4 heteroatoms. The average Bonchev–Trinajstić information content (AvgIpc) is 2.60. The van der Waals surface area contributed by atoms with E-state index in [1.54, 1.807) is 0 Å². The molecule has 22 heavy (non-hydrogen) atoms. The zero-order valence-electron chi connectivity index (χ0n) is 13.6. The molecule has 2 radical (unpaired) electrons. The van der Waals surface area contributed by atoms with Gasteiger partial charge in [0.15, 0.2) is 0 Å². The van der Waals surface area contributed by atoms with E-state index in [9.17, 15) is 0 Å². The second-order valence-corrected chi connectivity index (χ2v) is 22.0. The van der Waals surface area contributed by atoms with Crippen molar-refractivity contribution >= 4 is 44.3 Å². The van der Waals surface area contributed by atoms with Crippen LogP contribution in [-0.4, -0.2) is 40.8 Å². The van der Waals surface area contributed by atoms with Crippen LogP contribution >= 0.6 is 0 Å². The summed E-state index contributed by atoms with van der Waals surface area (Å²) in [5.74, 6) is 0. The Labute approximate surface area is 150 Å². The third-order valence-electron chi connectivity index (χ3n) is 3.87. The van der Waals surface area contributed by atoms with Crippen LogP contribution in [0.2, 0.25) is 8.87 Å². The van der Waals surface area contributed by atoms with E-state index < -0.39 is 40.8 Å². The zero-order chi connectivity index (χ0) is 15.8. The molecule has 2 rings (SSSR count). The molecule has 2 aromatic carbocycles. The molecule has 0 aromatic heterocycles. The number of rotatable bonds is 8. The molecule has 0 heterocycles. The van der Waals surface area contributed by atoms with Gasteiger partial charge in [0.1, 0.15) is 0 Å². The van der Waals surface area contributed by atoms with Crippen LogP contribution in [0.5, 0.6) is 0 Å². The summed E-state index contributed by atoms with van der Waals surface area (Å²) in [6, 6.07) is 21.1. The van der Waals surface area contributed by atoms with E-state index in [0.29, 0.717) is 0 Å². The minimum atomic E-state index is -2.93. The van der Waals surface area contributed by atoms with Crippen molar-refractivity contribution in [2.75, 3.05) is 0 Å². The molecule has 0 saturated carbocycles. The fraction of sp³-hybridized carbons (Fsp3) is 0.333. The van der Waals surface area contributed by atoms with Crippen LogP contribution < -0.4 is 3.58 Å². The maximum atomic E-state index is 6.57. The van der Waals surface area contributed by atoms with Gasteiger partial charge in [0.05, 0.1) is 0 Å². The zero-order valence-corrected chi connectivity index (χ0v) is 19.3. The van der Waals surface area contributed by atoms with E-state index in [1.165, 1.54) is 9.14 Å². The molecule has 0 aliphatic heterocycles. The second kappa shape index (κ2) is 9.30. The van der Waals surface area contributed by atoms with Crippen molar-refractivity contribution < 1.29 is 4.49 Å². The van der Waals surface area contributed by atoms with Crippen LogP contribution in [0.15, 0.2) is 60.7 Å². The van der Waals surface area contributed by atoms with E-state index in [-0.39, 0.29) is 6.10 Å². The maximum absolute atomic E-state index is 6.57. The van der Waals surface area contributed by atoms with Crippen LogP contribution in [0.25, 0.3) is 0 Å². The number of benzene rings is 2. The summed E-state index contributed by atoms with van der Waals surface area (Å²) in [7, 11) is 0. The third-order valence-corrected chi connectivity index (χ3v) is 24.3. The van der Waals surface area contributed by atoms with Gasteiger partial charge < -0.3 is 0 Å². The second-order valence-electron chi connectivity index (χ2n) is 5.36. The standard InChI is InChI=1S/C8H9O.C6H5.2C2H5.O.2Sn/c1-7(9)8-5-3-2-4-6-8;1-2-4-6-5-3-1;2*1-2;;;/h2-7H,1H3;1-5H;2*1H2,2H3;;;/q-1;;;;;;+1. The Morgan fingerprint density at radius 3 is 2.00 bits per heavy atom. The predicted molar refractivity (Wildman–Crippen MR) is 95.6 cm³/mol. The average molecular weight is 510 g/mol. The molecule has 2 aromatic rings. The fourth-order valence-electron chi connectivity index (χ4n) is 2.36. The number of hydrogen-bond donors (Lipinski definition) is 0. The van der Waals surface area contributed by atoms with E-state index in [4.69, 9.17) is 4.49 Å². The van der Waals surface area contributed by atoms with Gasteiger partial charge in [-0.25, -0.2) is 0 Å². The van der Waals surface area contributed by atoms with Gasteiger partial charge >= 0.3 is 151 Å². The molecule has 2 nitrogen and oxygen atoms in total. The fourth-order valence-corrected chi connectivity index (χ4v) is 22.0. The first-order valence-corrected chi connectivity index (χ1v) is 16.9. The molecule has 0 aliphatic rings. The molecule has 1 unspecified atom stereocenters. The van der Waals surface area contributed by atoms with Crippen molar-refractivity contribution in [3.8, 4) is 0 Å². The van der Waals surface area contributed by atoms with Crippen LogP contribution in [0.1, 0.15) is 32.4 Å². The van der Waals surface area contributed by atoms with Crippen molar-refractivity contribution in [3.05, 3.63) is 66.2 Å². The predicted octanol–water partition coefficient (Wildman–Crippen LogP) is 4.21. The van der Waals surface area contributed by atoms with Gasteiger partial charge in [-0.05, 0) is 0 Å². The van der Waals surface area contributed by atoms with Crippen LogP contribution in [0.4, 0.5) is 0 Å². The quantitative estimate of drug-likeness (QED) is 0.497.